The fourth-order valence-corrected chi connectivity index (χ4v) is 5.82. The van der Waals surface area contributed by atoms with Crippen molar-refractivity contribution in [2.45, 2.75) is 39.5 Å². The van der Waals surface area contributed by atoms with Gasteiger partial charge in [0.05, 0.1) is 0 Å². The van der Waals surface area contributed by atoms with Crippen LogP contribution in [0.5, 0.6) is 0 Å². The Balaban J connectivity index is 1.16. The summed E-state index contributed by atoms with van der Waals surface area (Å²) in [6, 6.07) is 55.7. The number of nitrogens with one attached hydrogen (secondary N) is 2. The van der Waals surface area contributed by atoms with Crippen LogP contribution in [-0.4, -0.2) is 6.54 Å². The molecule has 4 nitrogen and oxygen atoms in total. The molecule has 0 spiro atoms. The minimum absolute atomic E-state index is 0.984. The summed E-state index contributed by atoms with van der Waals surface area (Å²) in [4.78, 5) is 4.71. The highest BCUT2D eigenvalue weighted by molar-refractivity contribution is 5.78. The summed E-state index contributed by atoms with van der Waals surface area (Å²) < 4.78 is 0. The predicted molar refractivity (Wildman–Crippen MR) is 203 cm³/mol. The molecule has 0 fully saturated rings. The maximum Gasteiger partial charge on any atom is 0.0463 e. The van der Waals surface area contributed by atoms with Crippen LogP contribution in [0, 0.1) is 6.92 Å². The van der Waals surface area contributed by atoms with Crippen LogP contribution < -0.4 is 20.4 Å². The third-order valence-electron chi connectivity index (χ3n) is 8.38. The fourth-order valence-electron chi connectivity index (χ4n) is 5.82. The van der Waals surface area contributed by atoms with Gasteiger partial charge in [-0.1, -0.05) is 80.3 Å². The van der Waals surface area contributed by atoms with E-state index in [2.05, 4.69) is 192 Å². The van der Waals surface area contributed by atoms with Crippen molar-refractivity contribution in [1.29, 1.82) is 0 Å². The summed E-state index contributed by atoms with van der Waals surface area (Å²) in [7, 11) is 0. The number of nitrogens with zero attached hydrogens (tertiary/aromatic N) is 2. The normalized spacial score (nSPS) is 10.8. The minimum Gasteiger partial charge on any atom is -0.356 e. The molecule has 6 aromatic rings. The number of rotatable bonds is 14. The van der Waals surface area contributed by atoms with E-state index in [9.17, 15) is 0 Å². The molecule has 0 aliphatic carbocycles. The van der Waals surface area contributed by atoms with Crippen LogP contribution >= 0.6 is 0 Å². The molecule has 0 unspecified atom stereocenters. The molecule has 0 saturated carbocycles. The third kappa shape index (κ3) is 8.42. The Labute approximate surface area is 280 Å². The molecule has 0 amide bonds. The van der Waals surface area contributed by atoms with Gasteiger partial charge in [0.15, 0.2) is 0 Å². The van der Waals surface area contributed by atoms with E-state index in [1.165, 1.54) is 36.2 Å². The number of benzene rings is 6. The average molecular weight is 617 g/mol. The Morgan fingerprint density at radius 3 is 1.21 bits per heavy atom. The fraction of sp³-hybridized carbons (Fsp3) is 0.163. The molecular formula is C43H44N4. The number of hydrogen-bond acceptors (Lipinski definition) is 4. The van der Waals surface area contributed by atoms with Gasteiger partial charge in [0.2, 0.25) is 0 Å². The second-order valence-electron chi connectivity index (χ2n) is 12.0. The molecule has 47 heavy (non-hydrogen) atoms. The predicted octanol–water partition coefficient (Wildman–Crippen LogP) is 12.7. The van der Waals surface area contributed by atoms with Gasteiger partial charge in [-0.15, -0.1) is 0 Å². The van der Waals surface area contributed by atoms with Crippen LogP contribution in [0.2, 0.25) is 0 Å². The lowest BCUT2D eigenvalue weighted by Gasteiger charge is -2.26. The highest BCUT2D eigenvalue weighted by Gasteiger charge is 2.13. The van der Waals surface area contributed by atoms with Crippen molar-refractivity contribution in [3.05, 3.63) is 163 Å². The molecule has 4 heteroatoms. The topological polar surface area (TPSA) is 30.5 Å². The van der Waals surface area contributed by atoms with E-state index in [1.54, 1.807) is 0 Å². The Hall–Kier alpha value is -5.48. The zero-order chi connectivity index (χ0) is 32.3. The molecule has 0 atom stereocenters. The maximum absolute atomic E-state index is 3.60. The van der Waals surface area contributed by atoms with Crippen LogP contribution in [0.15, 0.2) is 158 Å². The van der Waals surface area contributed by atoms with Crippen LogP contribution in [0.4, 0.5) is 51.2 Å². The quantitative estimate of drug-likeness (QED) is 0.119. The van der Waals surface area contributed by atoms with Gasteiger partial charge in [0, 0.05) is 57.7 Å². The third-order valence-corrected chi connectivity index (χ3v) is 8.38. The SMILES string of the molecule is CCCCCCN(c1ccc(Nc2ccc(C)cc2)cc1)c1ccc(Nc2ccc(N(c3ccccc3)c3ccccc3)cc2)cc1. The van der Waals surface area contributed by atoms with Crippen molar-refractivity contribution in [2.24, 2.45) is 0 Å². The van der Waals surface area contributed by atoms with Crippen molar-refractivity contribution in [1.82, 2.24) is 0 Å². The number of hydrogen-bond donors (Lipinski definition) is 2. The second kappa shape index (κ2) is 15.7. The highest BCUT2D eigenvalue weighted by atomic mass is 15.1. The van der Waals surface area contributed by atoms with Crippen molar-refractivity contribution in [3.63, 3.8) is 0 Å². The standard InChI is InChI=1S/C43H44N4/c1-3-4-5-12-33-46(39-27-21-36(22-28-39)44-35-19-17-34(2)18-20-35)40-29-23-37(24-30-40)45-38-25-31-43(32-26-38)47(41-13-8-6-9-14-41)42-15-10-7-11-16-42/h6-11,13-32,44-45H,3-5,12,33H2,1-2H3. The molecule has 0 heterocycles. The molecular weight excluding hydrogens is 573 g/mol. The average Bonchev–Trinajstić information content (AvgIpc) is 3.12. The van der Waals surface area contributed by atoms with E-state index in [0.29, 0.717) is 0 Å². The lowest BCUT2D eigenvalue weighted by molar-refractivity contribution is 0.668. The molecule has 0 bridgehead atoms. The largest absolute Gasteiger partial charge is 0.356 e. The van der Waals surface area contributed by atoms with Gasteiger partial charge < -0.3 is 20.4 Å². The lowest BCUT2D eigenvalue weighted by Crippen LogP contribution is -2.18. The molecule has 6 aromatic carbocycles. The Morgan fingerprint density at radius 1 is 0.404 bits per heavy atom. The van der Waals surface area contributed by atoms with Gasteiger partial charge in [0.25, 0.3) is 0 Å². The summed E-state index contributed by atoms with van der Waals surface area (Å²) in [5.41, 5.74) is 11.3. The maximum atomic E-state index is 3.60. The first kappa shape index (κ1) is 31.5. The van der Waals surface area contributed by atoms with Crippen molar-refractivity contribution >= 4 is 51.2 Å². The zero-order valence-electron chi connectivity index (χ0n) is 27.4. The molecule has 0 aliphatic heterocycles. The summed E-state index contributed by atoms with van der Waals surface area (Å²) in [5, 5.41) is 7.13. The van der Waals surface area contributed by atoms with Gasteiger partial charge in [-0.25, -0.2) is 0 Å². The summed E-state index contributed by atoms with van der Waals surface area (Å²) in [6.45, 7) is 5.36. The van der Waals surface area contributed by atoms with Crippen LogP contribution in [0.1, 0.15) is 38.2 Å². The molecule has 6 rings (SSSR count). The lowest BCUT2D eigenvalue weighted by atomic mass is 10.1. The molecule has 0 aliphatic rings. The number of anilines is 9. The molecule has 236 valence electrons. The first-order valence-corrected chi connectivity index (χ1v) is 16.7. The van der Waals surface area contributed by atoms with Gasteiger partial charge in [-0.2, -0.15) is 0 Å². The smallest absolute Gasteiger partial charge is 0.0463 e. The summed E-state index contributed by atoms with van der Waals surface area (Å²) in [6.07, 6.45) is 4.90. The highest BCUT2D eigenvalue weighted by Crippen LogP contribution is 2.35. The van der Waals surface area contributed by atoms with E-state index in [1.807, 2.05) is 0 Å². The Bertz CT molecular complexity index is 1740. The number of unbranched alkanes of at least 4 members (excludes halogenated alkanes) is 3. The van der Waals surface area contributed by atoms with E-state index < -0.39 is 0 Å². The summed E-state index contributed by atoms with van der Waals surface area (Å²) >= 11 is 0. The van der Waals surface area contributed by atoms with Gasteiger partial charge >= 0.3 is 0 Å². The van der Waals surface area contributed by atoms with Crippen LogP contribution in [0.3, 0.4) is 0 Å². The first-order valence-electron chi connectivity index (χ1n) is 16.7. The van der Waals surface area contributed by atoms with E-state index >= 15 is 0 Å². The molecule has 0 aromatic heterocycles. The van der Waals surface area contributed by atoms with Crippen LogP contribution in [0.25, 0.3) is 0 Å². The monoisotopic (exact) mass is 616 g/mol. The number of para-hydroxylation sites is 2. The van der Waals surface area contributed by atoms with Crippen molar-refractivity contribution in [3.8, 4) is 0 Å². The van der Waals surface area contributed by atoms with Crippen molar-refractivity contribution in [2.75, 3.05) is 27.0 Å². The van der Waals surface area contributed by atoms with E-state index in [0.717, 1.165) is 52.8 Å². The molecule has 2 N–H and O–H groups in total. The Morgan fingerprint density at radius 2 is 0.787 bits per heavy atom. The minimum atomic E-state index is 0.984. The first-order chi connectivity index (χ1) is 23.2. The molecule has 0 radical (unpaired) electrons. The number of aryl methyl sites for hydroxylation is 1. The van der Waals surface area contributed by atoms with E-state index in [4.69, 9.17) is 0 Å². The van der Waals surface area contributed by atoms with Crippen LogP contribution in [-0.2, 0) is 0 Å². The Kier molecular flexibility index (Phi) is 10.5. The second-order valence-corrected chi connectivity index (χ2v) is 12.0. The van der Waals surface area contributed by atoms with E-state index in [-0.39, 0.29) is 0 Å². The molecule has 0 saturated heterocycles. The van der Waals surface area contributed by atoms with Gasteiger partial charge in [0.1, 0.15) is 0 Å². The van der Waals surface area contributed by atoms with Crippen molar-refractivity contribution < 1.29 is 0 Å². The van der Waals surface area contributed by atoms with Gasteiger partial charge in [-0.3, -0.25) is 0 Å². The van der Waals surface area contributed by atoms with Gasteiger partial charge in [-0.05, 0) is 123 Å². The summed E-state index contributed by atoms with van der Waals surface area (Å²) in [5.74, 6) is 0. The zero-order valence-corrected chi connectivity index (χ0v) is 27.4.